The van der Waals surface area contributed by atoms with Crippen molar-refractivity contribution in [3.8, 4) is 5.75 Å². The van der Waals surface area contributed by atoms with Crippen molar-refractivity contribution in [2.24, 2.45) is 0 Å². The Morgan fingerprint density at radius 3 is 2.95 bits per heavy atom. The molecule has 1 saturated heterocycles. The highest BCUT2D eigenvalue weighted by atomic mass is 16.5. The van der Waals surface area contributed by atoms with Crippen molar-refractivity contribution >= 4 is 5.78 Å². The maximum atomic E-state index is 11.5. The molecule has 0 amide bonds. The number of rotatable bonds is 7. The lowest BCUT2D eigenvalue weighted by atomic mass is 10.1. The van der Waals surface area contributed by atoms with Crippen molar-refractivity contribution in [2.45, 2.75) is 25.9 Å². The lowest BCUT2D eigenvalue weighted by Gasteiger charge is -2.20. The van der Waals surface area contributed by atoms with Gasteiger partial charge in [0.25, 0.3) is 0 Å². The number of likely N-dealkylation sites (N-methyl/N-ethyl adjacent to an activating group) is 1. The van der Waals surface area contributed by atoms with Gasteiger partial charge in [0.15, 0.2) is 5.78 Å². The maximum Gasteiger partial charge on any atom is 0.163 e. The summed E-state index contributed by atoms with van der Waals surface area (Å²) in [5.74, 6) is 0.707. The molecule has 0 radical (unpaired) electrons. The molecule has 1 aliphatic rings. The van der Waals surface area contributed by atoms with Crippen LogP contribution >= 0.6 is 0 Å². The number of para-hydroxylation sites is 1. The van der Waals surface area contributed by atoms with Crippen molar-refractivity contribution in [1.82, 2.24) is 4.90 Å². The average molecular weight is 277 g/mol. The van der Waals surface area contributed by atoms with E-state index in [0.717, 1.165) is 26.1 Å². The number of benzene rings is 1. The molecule has 1 aromatic carbocycles. The Balaban J connectivity index is 1.76. The fraction of sp³-hybridized carbons (Fsp3) is 0.562. The standard InChI is InChI=1S/C16H23NO3/c1-13(18)15-7-3-4-8-16(15)20-11-9-17(2)12-14-6-5-10-19-14/h3-4,7-8,14H,5-6,9-12H2,1-2H3. The summed E-state index contributed by atoms with van der Waals surface area (Å²) < 4.78 is 11.3. The van der Waals surface area contributed by atoms with Crippen LogP contribution in [0.25, 0.3) is 0 Å². The van der Waals surface area contributed by atoms with Gasteiger partial charge in [0.2, 0.25) is 0 Å². The molecule has 110 valence electrons. The number of nitrogens with zero attached hydrogens (tertiary/aromatic N) is 1. The fourth-order valence-electron chi connectivity index (χ4n) is 2.42. The van der Waals surface area contributed by atoms with Crippen molar-refractivity contribution < 1.29 is 14.3 Å². The maximum absolute atomic E-state index is 11.5. The lowest BCUT2D eigenvalue weighted by Crippen LogP contribution is -2.32. The Kier molecular flexibility index (Phi) is 5.56. The Morgan fingerprint density at radius 2 is 2.25 bits per heavy atom. The van der Waals surface area contributed by atoms with E-state index in [1.165, 1.54) is 6.42 Å². The highest BCUT2D eigenvalue weighted by Gasteiger charge is 2.17. The number of ether oxygens (including phenoxy) is 2. The van der Waals surface area contributed by atoms with Gasteiger partial charge in [0.1, 0.15) is 12.4 Å². The van der Waals surface area contributed by atoms with E-state index in [1.807, 2.05) is 18.2 Å². The van der Waals surface area contributed by atoms with Gasteiger partial charge in [0, 0.05) is 19.7 Å². The zero-order chi connectivity index (χ0) is 14.4. The normalized spacial score (nSPS) is 18.4. The number of hydrogen-bond donors (Lipinski definition) is 0. The molecule has 0 N–H and O–H groups in total. The number of carbonyl (C=O) groups is 1. The molecule has 0 aromatic heterocycles. The molecule has 1 fully saturated rings. The highest BCUT2D eigenvalue weighted by molar-refractivity contribution is 5.96. The molecule has 20 heavy (non-hydrogen) atoms. The SMILES string of the molecule is CC(=O)c1ccccc1OCCN(C)CC1CCCO1. The van der Waals surface area contributed by atoms with Crippen LogP contribution in [0.4, 0.5) is 0 Å². The summed E-state index contributed by atoms with van der Waals surface area (Å²) in [4.78, 5) is 13.7. The Hall–Kier alpha value is -1.39. The van der Waals surface area contributed by atoms with Crippen LogP contribution in [-0.4, -0.2) is 50.1 Å². The molecule has 0 saturated carbocycles. The molecular formula is C16H23NO3. The van der Waals surface area contributed by atoms with E-state index in [1.54, 1.807) is 13.0 Å². The monoisotopic (exact) mass is 277 g/mol. The minimum atomic E-state index is 0.0355. The number of carbonyl (C=O) groups excluding carboxylic acids is 1. The largest absolute Gasteiger partial charge is 0.491 e. The third-order valence-electron chi connectivity index (χ3n) is 3.54. The molecular weight excluding hydrogens is 254 g/mol. The summed E-state index contributed by atoms with van der Waals surface area (Å²) in [7, 11) is 2.07. The first-order chi connectivity index (χ1) is 9.66. The van der Waals surface area contributed by atoms with Gasteiger partial charge in [-0.25, -0.2) is 0 Å². The summed E-state index contributed by atoms with van der Waals surface area (Å²) in [6.45, 7) is 4.80. The molecule has 4 heteroatoms. The summed E-state index contributed by atoms with van der Waals surface area (Å²) in [6, 6.07) is 7.38. The third kappa shape index (κ3) is 4.32. The average Bonchev–Trinajstić information content (AvgIpc) is 2.92. The van der Waals surface area contributed by atoms with Crippen LogP contribution in [0.2, 0.25) is 0 Å². The van der Waals surface area contributed by atoms with E-state index in [2.05, 4.69) is 11.9 Å². The van der Waals surface area contributed by atoms with E-state index in [-0.39, 0.29) is 5.78 Å². The van der Waals surface area contributed by atoms with Crippen molar-refractivity contribution in [2.75, 3.05) is 33.4 Å². The number of Topliss-reactive ketones (excluding diaryl/α,β-unsaturated/α-hetero) is 1. The predicted molar refractivity (Wildman–Crippen MR) is 78.4 cm³/mol. The van der Waals surface area contributed by atoms with Gasteiger partial charge < -0.3 is 14.4 Å². The molecule has 2 rings (SSSR count). The van der Waals surface area contributed by atoms with E-state index < -0.39 is 0 Å². The second kappa shape index (κ2) is 7.41. The fourth-order valence-corrected chi connectivity index (χ4v) is 2.42. The first-order valence-electron chi connectivity index (χ1n) is 7.19. The predicted octanol–water partition coefficient (Wildman–Crippen LogP) is 2.38. The first kappa shape index (κ1) is 15.0. The summed E-state index contributed by atoms with van der Waals surface area (Å²) >= 11 is 0. The molecule has 0 aliphatic carbocycles. The van der Waals surface area contributed by atoms with Gasteiger partial charge in [-0.2, -0.15) is 0 Å². The summed E-state index contributed by atoms with van der Waals surface area (Å²) in [6.07, 6.45) is 2.68. The second-order valence-corrected chi connectivity index (χ2v) is 5.30. The second-order valence-electron chi connectivity index (χ2n) is 5.30. The molecule has 0 bridgehead atoms. The lowest BCUT2D eigenvalue weighted by molar-refractivity contribution is 0.0770. The number of hydrogen-bond acceptors (Lipinski definition) is 4. The van der Waals surface area contributed by atoms with Crippen molar-refractivity contribution in [3.05, 3.63) is 29.8 Å². The quantitative estimate of drug-likeness (QED) is 0.717. The van der Waals surface area contributed by atoms with Crippen LogP contribution in [0.15, 0.2) is 24.3 Å². The Morgan fingerprint density at radius 1 is 1.45 bits per heavy atom. The van der Waals surface area contributed by atoms with Gasteiger partial charge in [-0.3, -0.25) is 4.79 Å². The number of ketones is 1. The molecule has 1 unspecified atom stereocenters. The van der Waals surface area contributed by atoms with Gasteiger partial charge in [-0.15, -0.1) is 0 Å². The van der Waals surface area contributed by atoms with E-state index in [0.29, 0.717) is 24.0 Å². The smallest absolute Gasteiger partial charge is 0.163 e. The topological polar surface area (TPSA) is 38.8 Å². The van der Waals surface area contributed by atoms with Crippen LogP contribution in [0.1, 0.15) is 30.1 Å². The van der Waals surface area contributed by atoms with E-state index in [9.17, 15) is 4.79 Å². The molecule has 1 aliphatic heterocycles. The third-order valence-corrected chi connectivity index (χ3v) is 3.54. The summed E-state index contributed by atoms with van der Waals surface area (Å²) in [5.41, 5.74) is 0.647. The first-order valence-corrected chi connectivity index (χ1v) is 7.19. The van der Waals surface area contributed by atoms with Gasteiger partial charge in [0.05, 0.1) is 11.7 Å². The highest BCUT2D eigenvalue weighted by Crippen LogP contribution is 2.18. The Labute approximate surface area is 120 Å². The minimum absolute atomic E-state index is 0.0355. The minimum Gasteiger partial charge on any atom is -0.491 e. The van der Waals surface area contributed by atoms with Crippen LogP contribution in [0.5, 0.6) is 5.75 Å². The zero-order valence-electron chi connectivity index (χ0n) is 12.3. The van der Waals surface area contributed by atoms with Crippen LogP contribution in [-0.2, 0) is 4.74 Å². The van der Waals surface area contributed by atoms with Crippen molar-refractivity contribution in [1.29, 1.82) is 0 Å². The molecule has 1 atom stereocenters. The van der Waals surface area contributed by atoms with Gasteiger partial charge in [-0.1, -0.05) is 12.1 Å². The van der Waals surface area contributed by atoms with Crippen LogP contribution in [0.3, 0.4) is 0 Å². The van der Waals surface area contributed by atoms with Gasteiger partial charge >= 0.3 is 0 Å². The van der Waals surface area contributed by atoms with Crippen LogP contribution < -0.4 is 4.74 Å². The van der Waals surface area contributed by atoms with Crippen LogP contribution in [0, 0.1) is 0 Å². The molecule has 1 heterocycles. The van der Waals surface area contributed by atoms with E-state index >= 15 is 0 Å². The zero-order valence-corrected chi connectivity index (χ0v) is 12.3. The van der Waals surface area contributed by atoms with Gasteiger partial charge in [-0.05, 0) is 38.9 Å². The summed E-state index contributed by atoms with van der Waals surface area (Å²) in [5, 5.41) is 0. The molecule has 1 aromatic rings. The molecule has 0 spiro atoms. The molecule has 4 nitrogen and oxygen atoms in total. The van der Waals surface area contributed by atoms with E-state index in [4.69, 9.17) is 9.47 Å². The van der Waals surface area contributed by atoms with Crippen molar-refractivity contribution in [3.63, 3.8) is 0 Å². The Bertz CT molecular complexity index is 441.